The number of hydrogen-bond donors (Lipinski definition) is 0. The fraction of sp³-hybridized carbons (Fsp3) is 0.211. The van der Waals surface area contributed by atoms with Crippen LogP contribution < -0.4 is 4.57 Å². The van der Waals surface area contributed by atoms with Gasteiger partial charge in [-0.2, -0.15) is 0 Å². The number of pyridine rings is 1. The van der Waals surface area contributed by atoms with E-state index in [1.54, 1.807) is 0 Å². The van der Waals surface area contributed by atoms with Crippen LogP contribution in [0.5, 0.6) is 0 Å². The van der Waals surface area contributed by atoms with Crippen LogP contribution in [-0.4, -0.2) is 24.4 Å². The Bertz CT molecular complexity index is 769. The van der Waals surface area contributed by atoms with Crippen LogP contribution in [0.4, 0.5) is 0 Å². The van der Waals surface area contributed by atoms with E-state index in [0.717, 1.165) is 0 Å². The summed E-state index contributed by atoms with van der Waals surface area (Å²) in [6.45, 7) is 2.23. The Labute approximate surface area is 136 Å². The quantitative estimate of drug-likeness (QED) is 0.407. The highest BCUT2D eigenvalue weighted by atomic mass is 32.2. The first-order chi connectivity index (χ1) is 10.7. The molecule has 0 radical (unpaired) electrons. The molecule has 0 aliphatic carbocycles. The highest BCUT2D eigenvalue weighted by molar-refractivity contribution is 7.99. The molecule has 0 spiro atoms. The number of para-hydroxylation sites is 2. The summed E-state index contributed by atoms with van der Waals surface area (Å²) in [6.07, 6.45) is 0. The fourth-order valence-corrected chi connectivity index (χ4v) is 3.42. The molecule has 0 saturated heterocycles. The van der Waals surface area contributed by atoms with Gasteiger partial charge < -0.3 is 0 Å². The maximum atomic E-state index is 2.35. The van der Waals surface area contributed by atoms with Gasteiger partial charge in [0.05, 0.1) is 5.37 Å². The van der Waals surface area contributed by atoms with Gasteiger partial charge >= 0.3 is 0 Å². The first-order valence-corrected chi connectivity index (χ1v) is 8.37. The van der Waals surface area contributed by atoms with Crippen LogP contribution in [0.2, 0.25) is 0 Å². The van der Waals surface area contributed by atoms with E-state index >= 15 is 0 Å². The minimum Gasteiger partial charge on any atom is -0.297 e. The first-order valence-electron chi connectivity index (χ1n) is 7.49. The second-order valence-corrected chi connectivity index (χ2v) is 6.92. The normalized spacial score (nSPS) is 12.7. The van der Waals surface area contributed by atoms with Gasteiger partial charge in [-0.1, -0.05) is 30.3 Å². The zero-order valence-electron chi connectivity index (χ0n) is 13.2. The largest absolute Gasteiger partial charge is 0.297 e. The maximum absolute atomic E-state index is 2.35. The third-order valence-electron chi connectivity index (χ3n) is 3.84. The molecule has 2 aromatic carbocycles. The van der Waals surface area contributed by atoms with Crippen LogP contribution in [-0.2, 0) is 0 Å². The van der Waals surface area contributed by atoms with Crippen molar-refractivity contribution in [1.29, 1.82) is 0 Å². The number of hydrogen-bond acceptors (Lipinski definition) is 2. The van der Waals surface area contributed by atoms with E-state index in [1.807, 2.05) is 11.8 Å². The molecule has 22 heavy (non-hydrogen) atoms. The Morgan fingerprint density at radius 2 is 1.55 bits per heavy atom. The summed E-state index contributed by atoms with van der Waals surface area (Å²) < 4.78 is 2.35. The van der Waals surface area contributed by atoms with Gasteiger partial charge in [0.2, 0.25) is 16.2 Å². The molecular weight excluding hydrogens is 288 g/mol. The highest BCUT2D eigenvalue weighted by Crippen LogP contribution is 2.25. The van der Waals surface area contributed by atoms with Crippen molar-refractivity contribution in [3.05, 3.63) is 66.7 Å². The minimum absolute atomic E-state index is 0.413. The maximum Gasteiger partial charge on any atom is 0.247 e. The molecule has 1 aromatic heterocycles. The lowest BCUT2D eigenvalue weighted by molar-refractivity contribution is -0.608. The fourth-order valence-electron chi connectivity index (χ4n) is 2.40. The lowest BCUT2D eigenvalue weighted by Crippen LogP contribution is -2.35. The van der Waals surface area contributed by atoms with Crippen molar-refractivity contribution in [3.8, 4) is 5.69 Å². The van der Waals surface area contributed by atoms with E-state index in [2.05, 4.69) is 97.2 Å². The van der Waals surface area contributed by atoms with E-state index in [4.69, 9.17) is 0 Å². The Morgan fingerprint density at radius 3 is 2.27 bits per heavy atom. The monoisotopic (exact) mass is 309 g/mol. The summed E-state index contributed by atoms with van der Waals surface area (Å²) >= 11 is 1.88. The number of rotatable bonds is 4. The van der Waals surface area contributed by atoms with E-state index < -0.39 is 0 Å². The summed E-state index contributed by atoms with van der Waals surface area (Å²) in [4.78, 5) is 2.23. The Balaban J connectivity index is 2.19. The smallest absolute Gasteiger partial charge is 0.247 e. The Hall–Kier alpha value is -1.84. The predicted molar refractivity (Wildman–Crippen MR) is 94.5 cm³/mol. The lowest BCUT2D eigenvalue weighted by atomic mass is 10.2. The summed E-state index contributed by atoms with van der Waals surface area (Å²) in [6, 6.07) is 23.5. The van der Waals surface area contributed by atoms with Crippen molar-refractivity contribution in [2.45, 2.75) is 17.3 Å². The first kappa shape index (κ1) is 15.1. The number of nitrogens with zero attached hydrogens (tertiary/aromatic N) is 2. The van der Waals surface area contributed by atoms with Crippen LogP contribution in [0, 0.1) is 0 Å². The second kappa shape index (κ2) is 6.51. The molecule has 0 aliphatic heterocycles. The molecule has 3 heteroatoms. The van der Waals surface area contributed by atoms with E-state index in [9.17, 15) is 0 Å². The molecule has 0 amide bonds. The standard InChI is InChI=1S/C19H21N2S/c1-15(20(2)3)22-19-14-13-16-9-7-8-12-18(16)21(19)17-10-5-4-6-11-17/h4-15H,1-3H3/q+1. The van der Waals surface area contributed by atoms with E-state index in [1.165, 1.54) is 21.6 Å². The number of fused-ring (bicyclic) bond motifs is 1. The SMILES string of the molecule is CC(Sc1ccc2ccccc2[n+]1-c1ccccc1)N(C)C. The Kier molecular flexibility index (Phi) is 4.46. The van der Waals surface area contributed by atoms with Crippen molar-refractivity contribution < 1.29 is 4.57 Å². The minimum atomic E-state index is 0.413. The van der Waals surface area contributed by atoms with Crippen LogP contribution in [0.1, 0.15) is 6.92 Å². The number of thioether (sulfide) groups is 1. The summed E-state index contributed by atoms with van der Waals surface area (Å²) in [7, 11) is 4.23. The van der Waals surface area contributed by atoms with Crippen LogP contribution in [0.15, 0.2) is 71.8 Å². The average molecular weight is 309 g/mol. The van der Waals surface area contributed by atoms with Crippen molar-refractivity contribution in [2.24, 2.45) is 0 Å². The van der Waals surface area contributed by atoms with Gasteiger partial charge in [-0.25, -0.2) is 0 Å². The van der Waals surface area contributed by atoms with Crippen LogP contribution in [0.25, 0.3) is 16.6 Å². The summed E-state index contributed by atoms with van der Waals surface area (Å²) in [5.41, 5.74) is 2.44. The molecule has 0 aliphatic rings. The molecule has 0 bridgehead atoms. The van der Waals surface area contributed by atoms with Gasteiger partial charge in [-0.3, -0.25) is 4.90 Å². The Morgan fingerprint density at radius 1 is 0.864 bits per heavy atom. The van der Waals surface area contributed by atoms with E-state index in [-0.39, 0.29) is 0 Å². The van der Waals surface area contributed by atoms with Gasteiger partial charge in [-0.15, -0.1) is 4.57 Å². The molecule has 2 nitrogen and oxygen atoms in total. The topological polar surface area (TPSA) is 7.12 Å². The zero-order valence-corrected chi connectivity index (χ0v) is 14.0. The van der Waals surface area contributed by atoms with Crippen LogP contribution >= 0.6 is 11.8 Å². The molecule has 0 fully saturated rings. The molecule has 0 saturated carbocycles. The average Bonchev–Trinajstić information content (AvgIpc) is 2.55. The summed E-state index contributed by atoms with van der Waals surface area (Å²) in [5.74, 6) is 0. The summed E-state index contributed by atoms with van der Waals surface area (Å²) in [5, 5.41) is 2.93. The van der Waals surface area contributed by atoms with Crippen molar-refractivity contribution >= 4 is 22.7 Å². The third-order valence-corrected chi connectivity index (χ3v) is 5.16. The van der Waals surface area contributed by atoms with E-state index in [0.29, 0.717) is 5.37 Å². The van der Waals surface area contributed by atoms with Crippen molar-refractivity contribution in [1.82, 2.24) is 4.90 Å². The molecule has 1 unspecified atom stereocenters. The number of aromatic nitrogens is 1. The molecule has 0 N–H and O–H groups in total. The molecule has 3 rings (SSSR count). The molecule has 1 heterocycles. The molecular formula is C19H21N2S+. The van der Waals surface area contributed by atoms with Crippen molar-refractivity contribution in [2.75, 3.05) is 14.1 Å². The third kappa shape index (κ3) is 3.01. The van der Waals surface area contributed by atoms with Crippen molar-refractivity contribution in [3.63, 3.8) is 0 Å². The van der Waals surface area contributed by atoms with Gasteiger partial charge in [0.25, 0.3) is 0 Å². The number of benzene rings is 2. The zero-order chi connectivity index (χ0) is 15.5. The lowest BCUT2D eigenvalue weighted by Gasteiger charge is -2.18. The van der Waals surface area contributed by atoms with Gasteiger partial charge in [0.15, 0.2) is 0 Å². The van der Waals surface area contributed by atoms with Crippen LogP contribution in [0.3, 0.4) is 0 Å². The van der Waals surface area contributed by atoms with Gasteiger partial charge in [0, 0.05) is 29.7 Å². The molecule has 3 aromatic rings. The van der Waals surface area contributed by atoms with Gasteiger partial charge in [0.1, 0.15) is 0 Å². The molecule has 1 atom stereocenters. The predicted octanol–water partition coefficient (Wildman–Crippen LogP) is 4.12. The second-order valence-electron chi connectivity index (χ2n) is 5.58. The van der Waals surface area contributed by atoms with Gasteiger partial charge in [-0.05, 0) is 44.9 Å². The molecule has 112 valence electrons. The highest BCUT2D eigenvalue weighted by Gasteiger charge is 2.21.